The van der Waals surface area contributed by atoms with Gasteiger partial charge in [0.15, 0.2) is 0 Å². The molecular formula is C11H23N3O2. The van der Waals surface area contributed by atoms with Gasteiger partial charge < -0.3 is 16.4 Å². The summed E-state index contributed by atoms with van der Waals surface area (Å²) in [6.07, 6.45) is 1.52. The first-order chi connectivity index (χ1) is 7.52. The number of nitrogens with two attached hydrogens (primary N) is 1. The average Bonchev–Trinajstić information content (AvgIpc) is 2.25. The van der Waals surface area contributed by atoms with Crippen molar-refractivity contribution in [3.05, 3.63) is 0 Å². The molecule has 0 aliphatic heterocycles. The van der Waals surface area contributed by atoms with Gasteiger partial charge in [0.1, 0.15) is 6.04 Å². The lowest BCUT2D eigenvalue weighted by molar-refractivity contribution is -0.130. The quantitative estimate of drug-likeness (QED) is 0.574. The summed E-state index contributed by atoms with van der Waals surface area (Å²) in [6, 6.07) is -0.487. The van der Waals surface area contributed by atoms with Gasteiger partial charge >= 0.3 is 0 Å². The summed E-state index contributed by atoms with van der Waals surface area (Å²) in [6.45, 7) is 6.58. The van der Waals surface area contributed by atoms with Crippen LogP contribution in [0.4, 0.5) is 0 Å². The van der Waals surface area contributed by atoms with Gasteiger partial charge in [-0.25, -0.2) is 0 Å². The topological polar surface area (TPSA) is 84.2 Å². The van der Waals surface area contributed by atoms with Crippen LogP contribution in [0.3, 0.4) is 0 Å². The number of rotatable bonds is 7. The molecule has 2 unspecified atom stereocenters. The third-order valence-electron chi connectivity index (χ3n) is 2.35. The molecule has 0 bridgehead atoms. The number of carbonyl (C=O) groups excluding carboxylic acids is 2. The second kappa shape index (κ2) is 8.10. The van der Waals surface area contributed by atoms with Gasteiger partial charge in [-0.15, -0.1) is 0 Å². The lowest BCUT2D eigenvalue weighted by Crippen LogP contribution is -2.46. The molecule has 94 valence electrons. The highest BCUT2D eigenvalue weighted by Gasteiger charge is 2.18. The van der Waals surface area contributed by atoms with Gasteiger partial charge in [-0.05, 0) is 26.3 Å². The van der Waals surface area contributed by atoms with Crippen molar-refractivity contribution in [3.63, 3.8) is 0 Å². The molecule has 2 atom stereocenters. The second-order valence-electron chi connectivity index (χ2n) is 4.00. The molecule has 5 nitrogen and oxygen atoms in total. The Hall–Kier alpha value is -1.10. The van der Waals surface area contributed by atoms with Crippen LogP contribution >= 0.6 is 0 Å². The number of hydrogen-bond donors (Lipinski definition) is 3. The fourth-order valence-electron chi connectivity index (χ4n) is 1.20. The van der Waals surface area contributed by atoms with Crippen LogP contribution in [-0.4, -0.2) is 30.9 Å². The van der Waals surface area contributed by atoms with Gasteiger partial charge in [0.25, 0.3) is 0 Å². The van der Waals surface area contributed by atoms with Crippen LogP contribution in [0.2, 0.25) is 0 Å². The number of nitrogens with one attached hydrogen (secondary N) is 2. The predicted octanol–water partition coefficient (Wildman–Crippen LogP) is 0.00220. The first-order valence-corrected chi connectivity index (χ1v) is 5.81. The van der Waals surface area contributed by atoms with Crippen molar-refractivity contribution in [2.24, 2.45) is 11.7 Å². The van der Waals surface area contributed by atoms with Gasteiger partial charge in [-0.1, -0.05) is 13.8 Å². The molecule has 0 aliphatic rings. The third kappa shape index (κ3) is 5.70. The second-order valence-corrected chi connectivity index (χ2v) is 4.00. The van der Waals surface area contributed by atoms with E-state index in [-0.39, 0.29) is 17.7 Å². The summed E-state index contributed by atoms with van der Waals surface area (Å²) in [7, 11) is 0. The summed E-state index contributed by atoms with van der Waals surface area (Å²) in [5.74, 6) is -0.411. The monoisotopic (exact) mass is 229 g/mol. The molecule has 16 heavy (non-hydrogen) atoms. The van der Waals surface area contributed by atoms with E-state index in [1.807, 2.05) is 6.92 Å². The number of hydrogen-bond acceptors (Lipinski definition) is 3. The van der Waals surface area contributed by atoms with Gasteiger partial charge in [0, 0.05) is 12.5 Å². The Bertz CT molecular complexity index is 231. The molecular weight excluding hydrogens is 206 g/mol. The van der Waals surface area contributed by atoms with Crippen molar-refractivity contribution in [3.8, 4) is 0 Å². The van der Waals surface area contributed by atoms with E-state index in [9.17, 15) is 9.59 Å². The molecule has 0 radical (unpaired) electrons. The smallest absolute Gasteiger partial charge is 0.242 e. The maximum atomic E-state index is 11.6. The minimum atomic E-state index is -0.487. The maximum Gasteiger partial charge on any atom is 0.242 e. The van der Waals surface area contributed by atoms with E-state index < -0.39 is 6.04 Å². The molecule has 0 rings (SSSR count). The highest BCUT2D eigenvalue weighted by Crippen LogP contribution is 2.00. The van der Waals surface area contributed by atoms with E-state index in [1.165, 1.54) is 0 Å². The standard InChI is InChI=1S/C11H23N3O2/c1-4-7-13-11(16)9(3)14-10(15)8(2)5-6-12/h8-9H,4-7,12H2,1-3H3,(H,13,16)(H,14,15). The van der Waals surface area contributed by atoms with Crippen LogP contribution in [0, 0.1) is 5.92 Å². The molecule has 4 N–H and O–H groups in total. The first-order valence-electron chi connectivity index (χ1n) is 5.81. The largest absolute Gasteiger partial charge is 0.354 e. The molecule has 2 amide bonds. The van der Waals surface area contributed by atoms with Crippen LogP contribution in [-0.2, 0) is 9.59 Å². The number of amides is 2. The average molecular weight is 229 g/mol. The first kappa shape index (κ1) is 14.9. The molecule has 0 fully saturated rings. The van der Waals surface area contributed by atoms with Crippen molar-refractivity contribution >= 4 is 11.8 Å². The van der Waals surface area contributed by atoms with Crippen LogP contribution in [0.25, 0.3) is 0 Å². The molecule has 0 heterocycles. The fourth-order valence-corrected chi connectivity index (χ4v) is 1.20. The lowest BCUT2D eigenvalue weighted by Gasteiger charge is -2.16. The molecule has 0 spiro atoms. The van der Waals surface area contributed by atoms with Crippen molar-refractivity contribution < 1.29 is 9.59 Å². The summed E-state index contributed by atoms with van der Waals surface area (Å²) < 4.78 is 0. The predicted molar refractivity (Wildman–Crippen MR) is 63.7 cm³/mol. The molecule has 0 aromatic carbocycles. The van der Waals surface area contributed by atoms with E-state index in [0.717, 1.165) is 6.42 Å². The summed E-state index contributed by atoms with van der Waals surface area (Å²) >= 11 is 0. The maximum absolute atomic E-state index is 11.6. The highest BCUT2D eigenvalue weighted by atomic mass is 16.2. The van der Waals surface area contributed by atoms with Crippen LogP contribution in [0.1, 0.15) is 33.6 Å². The van der Waals surface area contributed by atoms with Crippen molar-refractivity contribution in [1.29, 1.82) is 0 Å². The minimum Gasteiger partial charge on any atom is -0.354 e. The highest BCUT2D eigenvalue weighted by molar-refractivity contribution is 5.87. The molecule has 5 heteroatoms. The minimum absolute atomic E-state index is 0.121. The van der Waals surface area contributed by atoms with Crippen molar-refractivity contribution in [2.75, 3.05) is 13.1 Å². The fraction of sp³-hybridized carbons (Fsp3) is 0.818. The Morgan fingerprint density at radius 1 is 1.25 bits per heavy atom. The van der Waals surface area contributed by atoms with E-state index in [4.69, 9.17) is 5.73 Å². The van der Waals surface area contributed by atoms with Crippen LogP contribution in [0.15, 0.2) is 0 Å². The van der Waals surface area contributed by atoms with E-state index >= 15 is 0 Å². The zero-order chi connectivity index (χ0) is 12.6. The van der Waals surface area contributed by atoms with Gasteiger partial charge in [0.2, 0.25) is 11.8 Å². The molecule has 0 aromatic heterocycles. The summed E-state index contributed by atoms with van der Waals surface area (Å²) in [4.78, 5) is 23.0. The third-order valence-corrected chi connectivity index (χ3v) is 2.35. The molecule has 0 saturated carbocycles. The lowest BCUT2D eigenvalue weighted by atomic mass is 10.1. The molecule has 0 aliphatic carbocycles. The zero-order valence-corrected chi connectivity index (χ0v) is 10.4. The zero-order valence-electron chi connectivity index (χ0n) is 10.4. The Kier molecular flexibility index (Phi) is 7.54. The summed E-state index contributed by atoms with van der Waals surface area (Å²) in [5, 5.41) is 5.40. The molecule has 0 aromatic rings. The van der Waals surface area contributed by atoms with Gasteiger partial charge in [-0.2, -0.15) is 0 Å². The molecule has 0 saturated heterocycles. The number of carbonyl (C=O) groups is 2. The Labute approximate surface area is 97.2 Å². The van der Waals surface area contributed by atoms with Crippen LogP contribution < -0.4 is 16.4 Å². The normalized spacial score (nSPS) is 14.0. The Morgan fingerprint density at radius 2 is 1.88 bits per heavy atom. The Morgan fingerprint density at radius 3 is 2.38 bits per heavy atom. The van der Waals surface area contributed by atoms with Crippen LogP contribution in [0.5, 0.6) is 0 Å². The van der Waals surface area contributed by atoms with Crippen molar-refractivity contribution in [1.82, 2.24) is 10.6 Å². The SMILES string of the molecule is CCCNC(=O)C(C)NC(=O)C(C)CCN. The van der Waals surface area contributed by atoms with Gasteiger partial charge in [0.05, 0.1) is 0 Å². The van der Waals surface area contributed by atoms with E-state index in [1.54, 1.807) is 13.8 Å². The van der Waals surface area contributed by atoms with E-state index in [2.05, 4.69) is 10.6 Å². The van der Waals surface area contributed by atoms with E-state index in [0.29, 0.717) is 19.5 Å². The van der Waals surface area contributed by atoms with Crippen molar-refractivity contribution in [2.45, 2.75) is 39.7 Å². The summed E-state index contributed by atoms with van der Waals surface area (Å²) in [5.41, 5.74) is 5.36. The van der Waals surface area contributed by atoms with Gasteiger partial charge in [-0.3, -0.25) is 9.59 Å². The Balaban J connectivity index is 3.98.